The Morgan fingerprint density at radius 2 is 2.00 bits per heavy atom. The quantitative estimate of drug-likeness (QED) is 0.351. The smallest absolute Gasteiger partial charge is 0.269 e. The molecule has 0 heterocycles. The molecule has 2 N–H and O–H groups in total. The number of aliphatic imine (C=N–C) groups is 1. The molecule has 0 radical (unpaired) electrons. The van der Waals surface area contributed by atoms with Gasteiger partial charge in [-0.05, 0) is 36.1 Å². The number of nitrogens with one attached hydrogen (secondary N) is 2. The van der Waals surface area contributed by atoms with Gasteiger partial charge < -0.3 is 10.6 Å². The second kappa shape index (κ2) is 7.74. The molecule has 0 aromatic heterocycles. The average Bonchev–Trinajstić information content (AvgIpc) is 3.43. The fourth-order valence-electron chi connectivity index (χ4n) is 2.98. The third-order valence-corrected chi connectivity index (χ3v) is 4.92. The highest BCUT2D eigenvalue weighted by atomic mass is 35.5. The Bertz CT molecular complexity index is 834. The largest absolute Gasteiger partial charge is 0.356 e. The van der Waals surface area contributed by atoms with Crippen LogP contribution in [0.25, 0.3) is 0 Å². The van der Waals surface area contributed by atoms with Gasteiger partial charge in [0.15, 0.2) is 5.96 Å². The number of nitro groups is 1. The van der Waals surface area contributed by atoms with Gasteiger partial charge in [-0.1, -0.05) is 35.9 Å². The molecule has 0 atom stereocenters. The first kappa shape index (κ1) is 18.2. The summed E-state index contributed by atoms with van der Waals surface area (Å²) >= 11 is 6.12. The summed E-state index contributed by atoms with van der Waals surface area (Å²) in [7, 11) is 1.71. The summed E-state index contributed by atoms with van der Waals surface area (Å²) in [5.41, 5.74) is 2.27. The lowest BCUT2D eigenvalue weighted by Gasteiger charge is -2.19. The van der Waals surface area contributed by atoms with Crippen molar-refractivity contribution in [3.05, 3.63) is 74.8 Å². The van der Waals surface area contributed by atoms with Gasteiger partial charge >= 0.3 is 0 Å². The fraction of sp³-hybridized carbons (Fsp3) is 0.316. The van der Waals surface area contributed by atoms with Crippen molar-refractivity contribution in [1.82, 2.24) is 10.6 Å². The summed E-state index contributed by atoms with van der Waals surface area (Å²) in [4.78, 5) is 14.7. The maximum atomic E-state index is 10.9. The Labute approximate surface area is 157 Å². The summed E-state index contributed by atoms with van der Waals surface area (Å²) in [6.45, 7) is 1.23. The molecule has 1 saturated carbocycles. The molecule has 3 rings (SSSR count). The summed E-state index contributed by atoms with van der Waals surface area (Å²) in [6, 6.07) is 14.6. The van der Waals surface area contributed by atoms with Gasteiger partial charge in [0.2, 0.25) is 0 Å². The van der Waals surface area contributed by atoms with Crippen LogP contribution < -0.4 is 10.6 Å². The SMILES string of the molecule is CN=C(NCc1cccc([N+](=O)[O-])c1)NCC1(c2cccc(Cl)c2)CC1. The molecule has 2 aromatic carbocycles. The van der Waals surface area contributed by atoms with Crippen LogP contribution in [0.2, 0.25) is 5.02 Å². The normalized spacial score (nSPS) is 15.4. The maximum Gasteiger partial charge on any atom is 0.269 e. The first-order chi connectivity index (χ1) is 12.5. The van der Waals surface area contributed by atoms with E-state index in [-0.39, 0.29) is 11.1 Å². The predicted molar refractivity (Wildman–Crippen MR) is 104 cm³/mol. The van der Waals surface area contributed by atoms with Crippen LogP contribution in [-0.2, 0) is 12.0 Å². The molecule has 1 aliphatic rings. The van der Waals surface area contributed by atoms with Gasteiger partial charge in [-0.2, -0.15) is 0 Å². The van der Waals surface area contributed by atoms with E-state index in [0.29, 0.717) is 12.5 Å². The van der Waals surface area contributed by atoms with Crippen molar-refractivity contribution in [2.45, 2.75) is 24.8 Å². The van der Waals surface area contributed by atoms with Crippen LogP contribution in [0.1, 0.15) is 24.0 Å². The highest BCUT2D eigenvalue weighted by Gasteiger charge is 2.44. The first-order valence-corrected chi connectivity index (χ1v) is 8.84. The topological polar surface area (TPSA) is 79.6 Å². The van der Waals surface area contributed by atoms with E-state index >= 15 is 0 Å². The Hall–Kier alpha value is -2.60. The zero-order valence-electron chi connectivity index (χ0n) is 14.5. The Kier molecular flexibility index (Phi) is 5.42. The molecule has 0 amide bonds. The highest BCUT2D eigenvalue weighted by Crippen LogP contribution is 2.48. The minimum Gasteiger partial charge on any atom is -0.356 e. The van der Waals surface area contributed by atoms with Crippen LogP contribution in [0, 0.1) is 10.1 Å². The van der Waals surface area contributed by atoms with Crippen molar-refractivity contribution in [3.63, 3.8) is 0 Å². The molecule has 0 unspecified atom stereocenters. The molecule has 1 fully saturated rings. The number of non-ortho nitro benzene ring substituents is 1. The van der Waals surface area contributed by atoms with E-state index in [1.165, 1.54) is 11.6 Å². The van der Waals surface area contributed by atoms with E-state index in [0.717, 1.165) is 30.0 Å². The van der Waals surface area contributed by atoms with Gasteiger partial charge in [-0.25, -0.2) is 0 Å². The second-order valence-corrected chi connectivity index (χ2v) is 6.93. The number of rotatable bonds is 6. The molecule has 7 heteroatoms. The molecule has 136 valence electrons. The van der Waals surface area contributed by atoms with E-state index in [1.54, 1.807) is 19.2 Å². The van der Waals surface area contributed by atoms with Crippen molar-refractivity contribution >= 4 is 23.2 Å². The van der Waals surface area contributed by atoms with Gasteiger partial charge in [0.25, 0.3) is 5.69 Å². The van der Waals surface area contributed by atoms with Crippen LogP contribution in [-0.4, -0.2) is 24.5 Å². The third kappa shape index (κ3) is 4.32. The minimum absolute atomic E-state index is 0.0881. The number of hydrogen-bond acceptors (Lipinski definition) is 3. The van der Waals surface area contributed by atoms with Crippen molar-refractivity contribution < 1.29 is 4.92 Å². The minimum atomic E-state index is -0.390. The first-order valence-electron chi connectivity index (χ1n) is 8.46. The predicted octanol–water partition coefficient (Wildman–Crippen LogP) is 3.65. The van der Waals surface area contributed by atoms with Gasteiger partial charge in [-0.15, -0.1) is 0 Å². The van der Waals surface area contributed by atoms with Crippen LogP contribution in [0.3, 0.4) is 0 Å². The van der Waals surface area contributed by atoms with E-state index in [2.05, 4.69) is 21.7 Å². The van der Waals surface area contributed by atoms with Crippen LogP contribution in [0.5, 0.6) is 0 Å². The zero-order valence-corrected chi connectivity index (χ0v) is 15.3. The summed E-state index contributed by atoms with van der Waals surface area (Å²) in [5, 5.41) is 18.2. The Morgan fingerprint density at radius 3 is 2.65 bits per heavy atom. The summed E-state index contributed by atoms with van der Waals surface area (Å²) in [5.74, 6) is 0.671. The van der Waals surface area contributed by atoms with Gasteiger partial charge in [0, 0.05) is 42.7 Å². The molecule has 2 aromatic rings. The van der Waals surface area contributed by atoms with Crippen LogP contribution >= 0.6 is 11.6 Å². The molecule has 1 aliphatic carbocycles. The lowest BCUT2D eigenvalue weighted by molar-refractivity contribution is -0.384. The summed E-state index contributed by atoms with van der Waals surface area (Å²) < 4.78 is 0. The maximum absolute atomic E-state index is 10.9. The lowest BCUT2D eigenvalue weighted by atomic mass is 9.96. The molecular formula is C19H21ClN4O2. The number of benzene rings is 2. The molecule has 26 heavy (non-hydrogen) atoms. The molecule has 0 bridgehead atoms. The van der Waals surface area contributed by atoms with E-state index in [1.807, 2.05) is 24.3 Å². The number of hydrogen-bond donors (Lipinski definition) is 2. The Morgan fingerprint density at radius 1 is 1.23 bits per heavy atom. The fourth-order valence-corrected chi connectivity index (χ4v) is 3.17. The van der Waals surface area contributed by atoms with E-state index < -0.39 is 4.92 Å². The summed E-state index contributed by atoms with van der Waals surface area (Å²) in [6.07, 6.45) is 2.23. The van der Waals surface area contributed by atoms with E-state index in [4.69, 9.17) is 11.6 Å². The van der Waals surface area contributed by atoms with Crippen molar-refractivity contribution in [3.8, 4) is 0 Å². The zero-order chi connectivity index (χ0) is 18.6. The molecular weight excluding hydrogens is 352 g/mol. The molecule has 0 aliphatic heterocycles. The van der Waals surface area contributed by atoms with Crippen LogP contribution in [0.4, 0.5) is 5.69 Å². The van der Waals surface area contributed by atoms with Crippen molar-refractivity contribution in [2.24, 2.45) is 4.99 Å². The highest BCUT2D eigenvalue weighted by molar-refractivity contribution is 6.30. The number of nitrogens with zero attached hydrogens (tertiary/aromatic N) is 2. The molecule has 0 spiro atoms. The van der Waals surface area contributed by atoms with Gasteiger partial charge in [-0.3, -0.25) is 15.1 Å². The van der Waals surface area contributed by atoms with Crippen LogP contribution in [0.15, 0.2) is 53.5 Å². The Balaban J connectivity index is 1.57. The van der Waals surface area contributed by atoms with E-state index in [9.17, 15) is 10.1 Å². The number of nitro benzene ring substituents is 1. The van der Waals surface area contributed by atoms with Crippen molar-refractivity contribution in [1.29, 1.82) is 0 Å². The lowest BCUT2D eigenvalue weighted by Crippen LogP contribution is -2.40. The monoisotopic (exact) mass is 372 g/mol. The third-order valence-electron chi connectivity index (χ3n) is 4.69. The second-order valence-electron chi connectivity index (χ2n) is 6.50. The van der Waals surface area contributed by atoms with Gasteiger partial charge in [0.05, 0.1) is 4.92 Å². The molecule has 6 nitrogen and oxygen atoms in total. The molecule has 0 saturated heterocycles. The van der Waals surface area contributed by atoms with Crippen molar-refractivity contribution in [2.75, 3.05) is 13.6 Å². The standard InChI is InChI=1S/C19H21ClN4O2/c1-21-18(22-12-14-4-2-7-17(10-14)24(25)26)23-13-19(8-9-19)15-5-3-6-16(20)11-15/h2-7,10-11H,8-9,12-13H2,1H3,(H2,21,22,23). The number of guanidine groups is 1. The van der Waals surface area contributed by atoms with Gasteiger partial charge in [0.1, 0.15) is 0 Å². The number of halogens is 1. The average molecular weight is 373 g/mol.